The summed E-state index contributed by atoms with van der Waals surface area (Å²) in [6.45, 7) is 0. The molecule has 2 unspecified atom stereocenters. The van der Waals surface area contributed by atoms with Crippen LogP contribution in [0.2, 0.25) is 0 Å². The average Bonchev–Trinajstić information content (AvgIpc) is 2.69. The van der Waals surface area contributed by atoms with Crippen molar-refractivity contribution < 1.29 is 14.1 Å². The van der Waals surface area contributed by atoms with E-state index in [1.54, 1.807) is 4.90 Å². The molecule has 2 aliphatic rings. The van der Waals surface area contributed by atoms with Gasteiger partial charge in [0, 0.05) is 23.5 Å². The molecule has 0 spiro atoms. The van der Waals surface area contributed by atoms with Gasteiger partial charge in [-0.25, -0.2) is 4.39 Å². The van der Waals surface area contributed by atoms with Crippen molar-refractivity contribution in [2.75, 3.05) is 0 Å². The van der Waals surface area contributed by atoms with Gasteiger partial charge in [-0.3, -0.25) is 14.9 Å². The predicted molar refractivity (Wildman–Crippen MR) is 74.9 cm³/mol. The number of piperidine rings is 1. The van der Waals surface area contributed by atoms with Crippen LogP contribution in [0.1, 0.15) is 36.0 Å². The van der Waals surface area contributed by atoms with E-state index in [1.165, 1.54) is 0 Å². The van der Waals surface area contributed by atoms with Crippen molar-refractivity contribution in [3.63, 3.8) is 0 Å². The number of nitrogens with zero attached hydrogens (tertiary/aromatic N) is 2. The second-order valence-corrected chi connectivity index (χ2v) is 6.20. The molecule has 7 heteroatoms. The molecule has 0 saturated carbocycles. The number of benzene rings is 1. The largest absolute Gasteiger partial charge is 0.332 e. The number of amides is 1. The molecule has 2 bridgehead atoms. The van der Waals surface area contributed by atoms with Gasteiger partial charge in [-0.1, -0.05) is 0 Å². The Morgan fingerprint density at radius 3 is 2.52 bits per heavy atom. The summed E-state index contributed by atoms with van der Waals surface area (Å²) in [5.41, 5.74) is -0.529. The summed E-state index contributed by atoms with van der Waals surface area (Å²) in [5.74, 6) is -1.11. The van der Waals surface area contributed by atoms with Gasteiger partial charge < -0.3 is 4.90 Å². The highest BCUT2D eigenvalue weighted by atomic mass is 35.5. The molecule has 2 saturated heterocycles. The van der Waals surface area contributed by atoms with Crippen LogP contribution in [0.5, 0.6) is 0 Å². The second kappa shape index (κ2) is 5.26. The van der Waals surface area contributed by atoms with E-state index in [-0.39, 0.29) is 28.7 Å². The van der Waals surface area contributed by atoms with E-state index in [2.05, 4.69) is 0 Å². The summed E-state index contributed by atoms with van der Waals surface area (Å²) in [5, 5.41) is 11.1. The van der Waals surface area contributed by atoms with E-state index < -0.39 is 16.6 Å². The van der Waals surface area contributed by atoms with E-state index >= 15 is 0 Å². The van der Waals surface area contributed by atoms with Crippen molar-refractivity contribution in [1.82, 2.24) is 4.90 Å². The van der Waals surface area contributed by atoms with Crippen LogP contribution in [0.25, 0.3) is 0 Å². The molecule has 3 rings (SSSR count). The van der Waals surface area contributed by atoms with Crippen LogP contribution >= 0.6 is 11.6 Å². The van der Waals surface area contributed by atoms with Crippen LogP contribution in [0, 0.1) is 15.9 Å². The standard InChI is InChI=1S/C14H14ClFN2O3/c15-8-5-10-2-3-11(6-8)17(10)14(19)12-7-9(16)1-4-13(12)18(20)21/h1,4,7-8,10-11H,2-3,5-6H2. The van der Waals surface area contributed by atoms with Crippen LogP contribution in [0.3, 0.4) is 0 Å². The molecule has 1 amide bonds. The first-order chi connectivity index (χ1) is 9.97. The van der Waals surface area contributed by atoms with Gasteiger partial charge in [-0.15, -0.1) is 11.6 Å². The second-order valence-electron chi connectivity index (χ2n) is 5.58. The Labute approximate surface area is 125 Å². The van der Waals surface area contributed by atoms with Gasteiger partial charge in [0.15, 0.2) is 0 Å². The van der Waals surface area contributed by atoms with Gasteiger partial charge in [-0.2, -0.15) is 0 Å². The molecule has 2 fully saturated rings. The fourth-order valence-corrected chi connectivity index (χ4v) is 3.83. The average molecular weight is 313 g/mol. The number of alkyl halides is 1. The monoisotopic (exact) mass is 312 g/mol. The Kier molecular flexibility index (Phi) is 3.57. The van der Waals surface area contributed by atoms with Gasteiger partial charge >= 0.3 is 0 Å². The van der Waals surface area contributed by atoms with E-state index in [0.29, 0.717) is 12.8 Å². The molecule has 0 aliphatic carbocycles. The number of nitro groups is 1. The highest BCUT2D eigenvalue weighted by molar-refractivity contribution is 6.20. The molecule has 0 N–H and O–H groups in total. The lowest BCUT2D eigenvalue weighted by molar-refractivity contribution is -0.385. The highest BCUT2D eigenvalue weighted by Gasteiger charge is 2.44. The number of fused-ring (bicyclic) bond motifs is 2. The van der Waals surface area contributed by atoms with Crippen LogP contribution in [0.4, 0.5) is 10.1 Å². The number of halogens is 2. The zero-order valence-corrected chi connectivity index (χ0v) is 11.9. The smallest absolute Gasteiger partial charge is 0.282 e. The number of carbonyl (C=O) groups is 1. The van der Waals surface area contributed by atoms with Gasteiger partial charge in [0.25, 0.3) is 11.6 Å². The SMILES string of the molecule is O=C(c1cc(F)ccc1[N+](=O)[O-])N1C2CCC1CC(Cl)C2. The first kappa shape index (κ1) is 14.3. The number of hydrogen-bond donors (Lipinski definition) is 0. The molecular weight excluding hydrogens is 299 g/mol. The topological polar surface area (TPSA) is 63.4 Å². The molecule has 2 heterocycles. The van der Waals surface area contributed by atoms with E-state index in [9.17, 15) is 19.3 Å². The maximum Gasteiger partial charge on any atom is 0.282 e. The van der Waals surface area contributed by atoms with Gasteiger partial charge in [-0.05, 0) is 37.8 Å². The van der Waals surface area contributed by atoms with E-state index in [1.807, 2.05) is 0 Å². The third kappa shape index (κ3) is 2.48. The summed E-state index contributed by atoms with van der Waals surface area (Å²) >= 11 is 6.16. The van der Waals surface area contributed by atoms with Crippen molar-refractivity contribution in [3.8, 4) is 0 Å². The van der Waals surface area contributed by atoms with Crippen LogP contribution in [-0.2, 0) is 0 Å². The molecule has 2 atom stereocenters. The summed E-state index contributed by atoms with van der Waals surface area (Å²) in [6.07, 6.45) is 3.07. The predicted octanol–water partition coefficient (Wildman–Crippen LogP) is 3.11. The van der Waals surface area contributed by atoms with Gasteiger partial charge in [0.1, 0.15) is 11.4 Å². The maximum atomic E-state index is 13.4. The Bertz CT molecular complexity index is 596. The lowest BCUT2D eigenvalue weighted by Crippen LogP contribution is -2.47. The molecular formula is C14H14ClFN2O3. The van der Waals surface area contributed by atoms with E-state index in [4.69, 9.17) is 11.6 Å². The number of nitro benzene ring substituents is 1. The lowest BCUT2D eigenvalue weighted by Gasteiger charge is -2.37. The third-order valence-electron chi connectivity index (χ3n) is 4.30. The zero-order valence-electron chi connectivity index (χ0n) is 11.2. The first-order valence-corrected chi connectivity index (χ1v) is 7.31. The summed E-state index contributed by atoms with van der Waals surface area (Å²) in [4.78, 5) is 24.7. The minimum absolute atomic E-state index is 0.00150. The zero-order chi connectivity index (χ0) is 15.1. The van der Waals surface area contributed by atoms with Gasteiger partial charge in [0.05, 0.1) is 4.92 Å². The molecule has 1 aromatic rings. The Morgan fingerprint density at radius 1 is 1.33 bits per heavy atom. The fourth-order valence-electron chi connectivity index (χ4n) is 3.42. The number of hydrogen-bond acceptors (Lipinski definition) is 3. The summed E-state index contributed by atoms with van der Waals surface area (Å²) in [6, 6.07) is 2.99. The van der Waals surface area contributed by atoms with Crippen molar-refractivity contribution in [3.05, 3.63) is 39.7 Å². The van der Waals surface area contributed by atoms with Crippen LogP contribution in [-0.4, -0.2) is 33.2 Å². The Hall–Kier alpha value is -1.69. The molecule has 0 radical (unpaired) electrons. The minimum atomic E-state index is -0.650. The number of rotatable bonds is 2. The van der Waals surface area contributed by atoms with Crippen LogP contribution < -0.4 is 0 Å². The van der Waals surface area contributed by atoms with Crippen LogP contribution in [0.15, 0.2) is 18.2 Å². The quantitative estimate of drug-likeness (QED) is 0.479. The van der Waals surface area contributed by atoms with Crippen molar-refractivity contribution >= 4 is 23.2 Å². The van der Waals surface area contributed by atoms with Gasteiger partial charge in [0.2, 0.25) is 0 Å². The first-order valence-electron chi connectivity index (χ1n) is 6.88. The Morgan fingerprint density at radius 2 is 1.95 bits per heavy atom. The minimum Gasteiger partial charge on any atom is -0.332 e. The molecule has 5 nitrogen and oxygen atoms in total. The molecule has 2 aliphatic heterocycles. The highest BCUT2D eigenvalue weighted by Crippen LogP contribution is 2.39. The maximum absolute atomic E-state index is 13.4. The normalized spacial score (nSPS) is 27.7. The van der Waals surface area contributed by atoms with Crippen molar-refractivity contribution in [2.24, 2.45) is 0 Å². The third-order valence-corrected chi connectivity index (χ3v) is 4.65. The van der Waals surface area contributed by atoms with Crippen molar-refractivity contribution in [1.29, 1.82) is 0 Å². The van der Waals surface area contributed by atoms with E-state index in [0.717, 1.165) is 31.0 Å². The summed E-state index contributed by atoms with van der Waals surface area (Å²) < 4.78 is 13.4. The molecule has 1 aromatic carbocycles. The van der Waals surface area contributed by atoms with Crippen molar-refractivity contribution in [2.45, 2.75) is 43.1 Å². The molecule has 0 aromatic heterocycles. The summed E-state index contributed by atoms with van der Waals surface area (Å²) in [7, 11) is 0. The Balaban J connectivity index is 1.96. The lowest BCUT2D eigenvalue weighted by atomic mass is 10.0. The fraction of sp³-hybridized carbons (Fsp3) is 0.500. The molecule has 112 valence electrons. The number of carbonyl (C=O) groups excluding carboxylic acids is 1. The molecule has 21 heavy (non-hydrogen) atoms.